The molecule has 1 aromatic carbocycles. The van der Waals surface area contributed by atoms with Crippen molar-refractivity contribution < 1.29 is 14.7 Å². The number of halogens is 2. The number of hydrogen-bond acceptors (Lipinski definition) is 2. The van der Waals surface area contributed by atoms with Gasteiger partial charge in [0.1, 0.15) is 0 Å². The maximum absolute atomic E-state index is 12.0. The molecule has 0 radical (unpaired) electrons. The van der Waals surface area contributed by atoms with Crippen molar-refractivity contribution in [1.82, 2.24) is 5.32 Å². The molecule has 4 nitrogen and oxygen atoms in total. The smallest absolute Gasteiger partial charge is 0.305 e. The molecule has 104 valence electrons. The number of carboxylic acids is 1. The highest BCUT2D eigenvalue weighted by atomic mass is 35.5. The van der Waals surface area contributed by atoms with Gasteiger partial charge in [-0.25, -0.2) is 0 Å². The molecule has 19 heavy (non-hydrogen) atoms. The van der Waals surface area contributed by atoms with Gasteiger partial charge in [-0.05, 0) is 24.1 Å². The number of carbonyl (C=O) groups is 2. The molecular weight excluding hydrogens is 289 g/mol. The summed E-state index contributed by atoms with van der Waals surface area (Å²) in [6.07, 6.45) is -0.120. The highest BCUT2D eigenvalue weighted by Crippen LogP contribution is 2.22. The van der Waals surface area contributed by atoms with E-state index < -0.39 is 12.0 Å². The number of carboxylic acid groups (broad SMARTS) is 1. The second-order valence-corrected chi connectivity index (χ2v) is 5.37. The van der Waals surface area contributed by atoms with E-state index >= 15 is 0 Å². The predicted octanol–water partition coefficient (Wildman–Crippen LogP) is 3.22. The fourth-order valence-corrected chi connectivity index (χ4v) is 1.83. The molecule has 2 N–H and O–H groups in total. The van der Waals surface area contributed by atoms with Gasteiger partial charge in [0.25, 0.3) is 5.91 Å². The number of rotatable bonds is 5. The Morgan fingerprint density at radius 3 is 2.37 bits per heavy atom. The molecule has 1 unspecified atom stereocenters. The average molecular weight is 304 g/mol. The Hall–Kier alpha value is -1.26. The topological polar surface area (TPSA) is 66.4 Å². The molecule has 0 heterocycles. The predicted molar refractivity (Wildman–Crippen MR) is 74.8 cm³/mol. The summed E-state index contributed by atoms with van der Waals surface area (Å²) in [7, 11) is 0. The van der Waals surface area contributed by atoms with Crippen molar-refractivity contribution in [3.05, 3.63) is 33.8 Å². The summed E-state index contributed by atoms with van der Waals surface area (Å²) < 4.78 is 0. The van der Waals surface area contributed by atoms with Crippen LogP contribution in [0.2, 0.25) is 10.0 Å². The molecule has 0 fully saturated rings. The third kappa shape index (κ3) is 4.73. The lowest BCUT2D eigenvalue weighted by Crippen LogP contribution is -2.40. The minimum atomic E-state index is -0.951. The number of hydrogen-bond donors (Lipinski definition) is 2. The van der Waals surface area contributed by atoms with Crippen molar-refractivity contribution >= 4 is 35.1 Å². The average Bonchev–Trinajstić information content (AvgIpc) is 2.31. The Morgan fingerprint density at radius 1 is 1.26 bits per heavy atom. The van der Waals surface area contributed by atoms with Crippen LogP contribution in [-0.2, 0) is 4.79 Å². The van der Waals surface area contributed by atoms with Gasteiger partial charge in [-0.1, -0.05) is 37.0 Å². The van der Waals surface area contributed by atoms with Crippen LogP contribution < -0.4 is 5.32 Å². The van der Waals surface area contributed by atoms with Gasteiger partial charge in [-0.15, -0.1) is 0 Å². The Balaban J connectivity index is 2.81. The minimum Gasteiger partial charge on any atom is -0.481 e. The highest BCUT2D eigenvalue weighted by Gasteiger charge is 2.20. The number of amides is 1. The third-order valence-corrected chi connectivity index (χ3v) is 3.44. The van der Waals surface area contributed by atoms with Crippen LogP contribution in [0.4, 0.5) is 0 Å². The Bertz CT molecular complexity index is 489. The quantitative estimate of drug-likeness (QED) is 0.877. The molecule has 0 aliphatic carbocycles. The van der Waals surface area contributed by atoms with E-state index in [4.69, 9.17) is 28.3 Å². The summed E-state index contributed by atoms with van der Waals surface area (Å²) in [5.74, 6) is -1.30. The zero-order valence-electron chi connectivity index (χ0n) is 10.6. The molecule has 1 rings (SSSR count). The van der Waals surface area contributed by atoms with Crippen molar-refractivity contribution in [2.75, 3.05) is 0 Å². The van der Waals surface area contributed by atoms with Gasteiger partial charge in [-0.2, -0.15) is 0 Å². The molecule has 1 amide bonds. The van der Waals surface area contributed by atoms with E-state index in [0.29, 0.717) is 10.6 Å². The van der Waals surface area contributed by atoms with E-state index in [9.17, 15) is 9.59 Å². The molecule has 0 spiro atoms. The van der Waals surface area contributed by atoms with E-state index in [-0.39, 0.29) is 23.3 Å². The highest BCUT2D eigenvalue weighted by molar-refractivity contribution is 6.42. The van der Waals surface area contributed by atoms with Crippen LogP contribution in [0.15, 0.2) is 18.2 Å². The van der Waals surface area contributed by atoms with Gasteiger partial charge >= 0.3 is 5.97 Å². The molecule has 1 aromatic rings. The fourth-order valence-electron chi connectivity index (χ4n) is 1.53. The van der Waals surface area contributed by atoms with Crippen LogP contribution in [0, 0.1) is 5.92 Å². The molecule has 6 heteroatoms. The van der Waals surface area contributed by atoms with E-state index in [1.807, 2.05) is 13.8 Å². The maximum Gasteiger partial charge on any atom is 0.305 e. The number of carbonyl (C=O) groups excluding carboxylic acids is 1. The van der Waals surface area contributed by atoms with Gasteiger partial charge in [0, 0.05) is 11.6 Å². The largest absolute Gasteiger partial charge is 0.481 e. The zero-order chi connectivity index (χ0) is 14.6. The summed E-state index contributed by atoms with van der Waals surface area (Å²) in [5, 5.41) is 12.1. The first-order valence-electron chi connectivity index (χ1n) is 5.79. The second-order valence-electron chi connectivity index (χ2n) is 4.55. The number of benzene rings is 1. The first-order chi connectivity index (χ1) is 8.81. The van der Waals surface area contributed by atoms with E-state index in [1.54, 1.807) is 6.07 Å². The summed E-state index contributed by atoms with van der Waals surface area (Å²) in [5.41, 5.74) is 0.352. The standard InChI is InChI=1S/C13H15Cl2NO3/c1-7(2)11(6-12(17)18)16-13(19)8-3-4-9(14)10(15)5-8/h3-5,7,11H,6H2,1-2H3,(H,16,19)(H,17,18). The Labute approximate surface area is 121 Å². The normalized spacial score (nSPS) is 12.3. The fraction of sp³-hybridized carbons (Fsp3) is 0.385. The van der Waals surface area contributed by atoms with Crippen molar-refractivity contribution in [3.8, 4) is 0 Å². The maximum atomic E-state index is 12.0. The minimum absolute atomic E-state index is 0.0165. The van der Waals surface area contributed by atoms with Crippen molar-refractivity contribution in [2.24, 2.45) is 5.92 Å². The summed E-state index contributed by atoms with van der Waals surface area (Å²) in [6, 6.07) is 4.10. The van der Waals surface area contributed by atoms with E-state index in [1.165, 1.54) is 12.1 Å². The molecule has 0 aliphatic heterocycles. The van der Waals surface area contributed by atoms with E-state index in [2.05, 4.69) is 5.32 Å². The summed E-state index contributed by atoms with van der Waals surface area (Å²) in [6.45, 7) is 3.70. The lowest BCUT2D eigenvalue weighted by atomic mass is 10.0. The van der Waals surface area contributed by atoms with Crippen LogP contribution in [0.5, 0.6) is 0 Å². The van der Waals surface area contributed by atoms with Crippen molar-refractivity contribution in [1.29, 1.82) is 0 Å². The molecule has 0 saturated heterocycles. The molecule has 0 bridgehead atoms. The summed E-state index contributed by atoms with van der Waals surface area (Å²) in [4.78, 5) is 22.7. The van der Waals surface area contributed by atoms with Gasteiger partial charge in [0.15, 0.2) is 0 Å². The first-order valence-corrected chi connectivity index (χ1v) is 6.54. The van der Waals surface area contributed by atoms with Crippen LogP contribution in [0.1, 0.15) is 30.6 Å². The monoisotopic (exact) mass is 303 g/mol. The van der Waals surface area contributed by atoms with Crippen molar-refractivity contribution in [3.63, 3.8) is 0 Å². The van der Waals surface area contributed by atoms with Gasteiger partial charge in [-0.3, -0.25) is 9.59 Å². The SMILES string of the molecule is CC(C)C(CC(=O)O)NC(=O)c1ccc(Cl)c(Cl)c1. The van der Waals surface area contributed by atoms with Crippen LogP contribution in [-0.4, -0.2) is 23.0 Å². The summed E-state index contributed by atoms with van der Waals surface area (Å²) >= 11 is 11.6. The number of nitrogens with one attached hydrogen (secondary N) is 1. The number of aliphatic carboxylic acids is 1. The van der Waals surface area contributed by atoms with Crippen molar-refractivity contribution in [2.45, 2.75) is 26.3 Å². The van der Waals surface area contributed by atoms with Crippen LogP contribution in [0.3, 0.4) is 0 Å². The van der Waals surface area contributed by atoms with Gasteiger partial charge in [0.2, 0.25) is 0 Å². The van der Waals surface area contributed by atoms with Crippen LogP contribution in [0.25, 0.3) is 0 Å². The molecule has 0 aliphatic rings. The van der Waals surface area contributed by atoms with Gasteiger partial charge in [0.05, 0.1) is 16.5 Å². The molecule has 0 saturated carbocycles. The van der Waals surface area contributed by atoms with E-state index in [0.717, 1.165) is 0 Å². The van der Waals surface area contributed by atoms with Crippen LogP contribution >= 0.6 is 23.2 Å². The second kappa shape index (κ2) is 6.78. The lowest BCUT2D eigenvalue weighted by molar-refractivity contribution is -0.137. The van der Waals surface area contributed by atoms with Gasteiger partial charge < -0.3 is 10.4 Å². The Kier molecular flexibility index (Phi) is 5.63. The zero-order valence-corrected chi connectivity index (χ0v) is 12.1. The lowest BCUT2D eigenvalue weighted by Gasteiger charge is -2.20. The molecule has 1 atom stereocenters. The first kappa shape index (κ1) is 15.8. The molecule has 0 aromatic heterocycles. The Morgan fingerprint density at radius 2 is 1.89 bits per heavy atom. The third-order valence-electron chi connectivity index (χ3n) is 2.70. The molecular formula is C13H15Cl2NO3.